The second kappa shape index (κ2) is 11.9. The van der Waals surface area contributed by atoms with Gasteiger partial charge in [0.2, 0.25) is 0 Å². The molecule has 2 aliphatic rings. The van der Waals surface area contributed by atoms with Gasteiger partial charge >= 0.3 is 0 Å². The van der Waals surface area contributed by atoms with Crippen LogP contribution in [0.15, 0.2) is 138 Å². The molecule has 13 rings (SSSR count). The van der Waals surface area contributed by atoms with Crippen LogP contribution in [0.25, 0.3) is 91.5 Å². The number of rotatable bonds is 3. The molecule has 0 fully saturated rings. The summed E-state index contributed by atoms with van der Waals surface area (Å²) in [6.07, 6.45) is 2.36. The fourth-order valence-corrected chi connectivity index (χ4v) is 12.2. The molecule has 11 aromatic rings. The minimum Gasteiger partial charge on any atom is -0.455 e. The fraction of sp³-hybridized carbons (Fsp3) is 0.164. The lowest BCUT2D eigenvalue weighted by molar-refractivity contribution is 0.332. The third kappa shape index (κ3) is 4.62. The smallest absolute Gasteiger partial charge is 0.197 e. The Bertz CT molecular complexity index is 3690. The molecule has 4 heterocycles. The molecule has 0 saturated carbocycles. The number of para-hydroxylation sites is 2. The van der Waals surface area contributed by atoms with Crippen LogP contribution in [0, 0.1) is 6.92 Å². The molecule has 1 aliphatic heterocycles. The van der Waals surface area contributed by atoms with Crippen molar-refractivity contribution in [3.05, 3.63) is 150 Å². The number of nitrogens with one attached hydrogen (secondary N) is 1. The van der Waals surface area contributed by atoms with Gasteiger partial charge in [0.15, 0.2) is 7.28 Å². The summed E-state index contributed by atoms with van der Waals surface area (Å²) in [6.45, 7) is 11.9. The van der Waals surface area contributed by atoms with E-state index in [1.807, 2.05) is 11.3 Å². The van der Waals surface area contributed by atoms with Crippen molar-refractivity contribution in [2.24, 2.45) is 0 Å². The topological polar surface area (TPSA) is 30.1 Å². The van der Waals surface area contributed by atoms with Gasteiger partial charge in [0.05, 0.1) is 21.6 Å². The van der Waals surface area contributed by atoms with Crippen molar-refractivity contribution in [2.75, 3.05) is 5.32 Å². The highest BCUT2D eigenvalue weighted by Crippen LogP contribution is 2.50. The van der Waals surface area contributed by atoms with Crippen LogP contribution in [0.2, 0.25) is 0 Å². The van der Waals surface area contributed by atoms with E-state index < -0.39 is 0 Å². The van der Waals surface area contributed by atoms with E-state index in [4.69, 9.17) is 4.42 Å². The molecule has 0 saturated heterocycles. The number of anilines is 2. The molecule has 5 heteroatoms. The molecule has 3 nitrogen and oxygen atoms in total. The first-order valence-corrected chi connectivity index (χ1v) is 22.1. The quantitative estimate of drug-likeness (QED) is 0.181. The molecule has 0 bridgehead atoms. The summed E-state index contributed by atoms with van der Waals surface area (Å²) in [5, 5.41) is 14.0. The minimum atomic E-state index is 0.0853. The molecule has 0 atom stereocenters. The first-order valence-electron chi connectivity index (χ1n) is 21.3. The van der Waals surface area contributed by atoms with E-state index in [1.54, 1.807) is 0 Å². The van der Waals surface area contributed by atoms with Crippen molar-refractivity contribution < 1.29 is 4.42 Å². The molecule has 0 unspecified atom stereocenters. The number of benzene rings is 8. The number of furan rings is 1. The largest absolute Gasteiger partial charge is 0.455 e. The van der Waals surface area contributed by atoms with Crippen molar-refractivity contribution >= 4 is 116 Å². The van der Waals surface area contributed by atoms with Gasteiger partial charge in [-0.2, -0.15) is 0 Å². The predicted molar refractivity (Wildman–Crippen MR) is 259 cm³/mol. The lowest BCUT2D eigenvalue weighted by atomic mass is 9.59. The van der Waals surface area contributed by atoms with Gasteiger partial charge in [-0.05, 0) is 100 Å². The standard InChI is InChI=1S/C55H42BN2OS/c1-30-27-40-41(55(4,5)26-25-54(40,2)3)29-44(30)57-43-24-23-37-33-15-8-10-19-45(33)59-52(37)47(43)39-28-38-34-16-9-11-20-46(34)60-53(38)51-48(39)56-42-18-12-17-35-36-22-21-31-13-6-7-14-32(31)49(36)58(51)50(35)42/h6-24,27-29,57H,25-26H2,1-5H3. The second-order valence-electron chi connectivity index (χ2n) is 18.6. The Morgan fingerprint density at radius 2 is 1.32 bits per heavy atom. The summed E-state index contributed by atoms with van der Waals surface area (Å²) in [6, 6.07) is 49.7. The van der Waals surface area contributed by atoms with Crippen LogP contribution in [-0.2, 0) is 10.8 Å². The van der Waals surface area contributed by atoms with Crippen molar-refractivity contribution in [3.63, 3.8) is 0 Å². The van der Waals surface area contributed by atoms with Crippen molar-refractivity contribution in [1.82, 2.24) is 4.57 Å². The van der Waals surface area contributed by atoms with Gasteiger partial charge in [0, 0.05) is 59.2 Å². The normalized spacial score (nSPS) is 15.3. The van der Waals surface area contributed by atoms with E-state index in [2.05, 4.69) is 185 Å². The zero-order valence-corrected chi connectivity index (χ0v) is 35.3. The van der Waals surface area contributed by atoms with E-state index in [9.17, 15) is 0 Å². The van der Waals surface area contributed by atoms with E-state index in [0.717, 1.165) is 44.4 Å². The number of hydrogen-bond acceptors (Lipinski definition) is 3. The van der Waals surface area contributed by atoms with E-state index >= 15 is 0 Å². The number of fused-ring (bicyclic) bond motifs is 15. The maximum Gasteiger partial charge on any atom is 0.197 e. The highest BCUT2D eigenvalue weighted by Gasteiger charge is 2.38. The molecule has 0 amide bonds. The van der Waals surface area contributed by atoms with Gasteiger partial charge in [-0.25, -0.2) is 0 Å². The molecule has 1 N–H and O–H groups in total. The monoisotopic (exact) mass is 789 g/mol. The van der Waals surface area contributed by atoms with Gasteiger partial charge in [-0.1, -0.05) is 130 Å². The van der Waals surface area contributed by atoms with Crippen LogP contribution >= 0.6 is 11.3 Å². The first-order chi connectivity index (χ1) is 29.1. The van der Waals surface area contributed by atoms with Crippen molar-refractivity contribution in [2.45, 2.75) is 58.3 Å². The highest BCUT2D eigenvalue weighted by atomic mass is 32.1. The predicted octanol–water partition coefficient (Wildman–Crippen LogP) is 14.2. The highest BCUT2D eigenvalue weighted by molar-refractivity contribution is 7.26. The number of thiophene rings is 1. The summed E-state index contributed by atoms with van der Waals surface area (Å²) < 4.78 is 12.3. The second-order valence-corrected chi connectivity index (χ2v) is 19.7. The van der Waals surface area contributed by atoms with Crippen molar-refractivity contribution in [3.8, 4) is 16.8 Å². The van der Waals surface area contributed by atoms with Crippen LogP contribution < -0.4 is 16.2 Å². The third-order valence-electron chi connectivity index (χ3n) is 14.2. The molecule has 1 aliphatic carbocycles. The summed E-state index contributed by atoms with van der Waals surface area (Å²) in [5.41, 5.74) is 16.8. The Hall–Kier alpha value is -6.30. The number of hydrogen-bond donors (Lipinski definition) is 1. The van der Waals surface area contributed by atoms with E-state index in [1.165, 1.54) is 98.9 Å². The van der Waals surface area contributed by atoms with Gasteiger partial charge in [0.25, 0.3) is 0 Å². The molecular weight excluding hydrogens is 747 g/mol. The molecule has 60 heavy (non-hydrogen) atoms. The average Bonchev–Trinajstić information content (AvgIpc) is 3.93. The maximum atomic E-state index is 7.05. The Morgan fingerprint density at radius 3 is 2.17 bits per heavy atom. The van der Waals surface area contributed by atoms with Crippen LogP contribution in [0.3, 0.4) is 0 Å². The molecular formula is C55H42BN2OS. The van der Waals surface area contributed by atoms with Crippen LogP contribution in [0.4, 0.5) is 11.4 Å². The Balaban J connectivity index is 1.17. The summed E-state index contributed by atoms with van der Waals surface area (Å²) in [4.78, 5) is 0. The fourth-order valence-electron chi connectivity index (χ4n) is 10.9. The molecule has 1 radical (unpaired) electrons. The SMILES string of the molecule is Cc1cc2c(cc1Nc1ccc3c(oc4ccccc43)c1-c1cc3c(sc4ccccc43)c3c1[B]c1cccc4c5ccc6ccccc6c5n-3c14)C(C)(C)CCC2(C)C. The summed E-state index contributed by atoms with van der Waals surface area (Å²) in [7, 11) is 2.46. The minimum absolute atomic E-state index is 0.0853. The van der Waals surface area contributed by atoms with Gasteiger partial charge in [-0.3, -0.25) is 0 Å². The third-order valence-corrected chi connectivity index (χ3v) is 15.4. The maximum absolute atomic E-state index is 7.05. The van der Waals surface area contributed by atoms with Gasteiger partial charge < -0.3 is 14.3 Å². The Kier molecular flexibility index (Phi) is 6.87. The van der Waals surface area contributed by atoms with Gasteiger partial charge in [-0.15, -0.1) is 11.3 Å². The van der Waals surface area contributed by atoms with Crippen LogP contribution in [-0.4, -0.2) is 11.8 Å². The number of nitrogens with zero attached hydrogens (tertiary/aromatic N) is 1. The van der Waals surface area contributed by atoms with Crippen molar-refractivity contribution in [1.29, 1.82) is 0 Å². The Labute approximate surface area is 353 Å². The number of aromatic nitrogens is 1. The summed E-state index contributed by atoms with van der Waals surface area (Å²) in [5.74, 6) is 0. The lowest BCUT2D eigenvalue weighted by Gasteiger charge is -2.42. The zero-order valence-electron chi connectivity index (χ0n) is 34.5. The number of aryl methyl sites for hydroxylation is 1. The van der Waals surface area contributed by atoms with E-state index in [-0.39, 0.29) is 10.8 Å². The Morgan fingerprint density at radius 1 is 0.617 bits per heavy atom. The molecule has 3 aromatic heterocycles. The molecule has 287 valence electrons. The van der Waals surface area contributed by atoms with E-state index in [0.29, 0.717) is 0 Å². The molecule has 8 aromatic carbocycles. The van der Waals surface area contributed by atoms with Gasteiger partial charge in [0.1, 0.15) is 11.2 Å². The summed E-state index contributed by atoms with van der Waals surface area (Å²) >= 11 is 1.91. The van der Waals surface area contributed by atoms with Crippen LogP contribution in [0.5, 0.6) is 0 Å². The first kappa shape index (κ1) is 34.6. The average molecular weight is 790 g/mol. The zero-order chi connectivity index (χ0) is 40.2. The van der Waals surface area contributed by atoms with Crippen LogP contribution in [0.1, 0.15) is 57.2 Å². The molecule has 0 spiro atoms. The lowest BCUT2D eigenvalue weighted by Crippen LogP contribution is -2.37.